The Morgan fingerprint density at radius 1 is 1.26 bits per heavy atom. The van der Waals surface area contributed by atoms with Gasteiger partial charge in [0.05, 0.1) is 5.69 Å². The maximum atomic E-state index is 12.6. The third-order valence-electron chi connectivity index (χ3n) is 3.43. The van der Waals surface area contributed by atoms with E-state index < -0.39 is 10.0 Å². The van der Waals surface area contributed by atoms with Crippen LogP contribution in [0.1, 0.15) is 20.3 Å². The van der Waals surface area contributed by atoms with Crippen LogP contribution in [0.5, 0.6) is 0 Å². The zero-order valence-electron chi connectivity index (χ0n) is 11.1. The second kappa shape index (κ2) is 5.31. The topological polar surface area (TPSA) is 63.4 Å². The van der Waals surface area contributed by atoms with Gasteiger partial charge in [0.15, 0.2) is 0 Å². The lowest BCUT2D eigenvalue weighted by atomic mass is 9.94. The Morgan fingerprint density at radius 2 is 1.84 bits per heavy atom. The minimum absolute atomic E-state index is 0.151. The van der Waals surface area contributed by atoms with E-state index in [1.165, 1.54) is 16.4 Å². The smallest absolute Gasteiger partial charge is 0.245 e. The fourth-order valence-electron chi connectivity index (χ4n) is 2.70. The summed E-state index contributed by atoms with van der Waals surface area (Å²) in [5.74, 6) is 0.735. The molecule has 0 saturated carbocycles. The number of sulfonamides is 1. The molecule has 2 atom stereocenters. The summed E-state index contributed by atoms with van der Waals surface area (Å²) in [5.41, 5.74) is 6.00. The molecular weight excluding hydrogens is 284 g/mol. The molecule has 4 nitrogen and oxygen atoms in total. The lowest BCUT2D eigenvalue weighted by Crippen LogP contribution is -2.42. The summed E-state index contributed by atoms with van der Waals surface area (Å²) < 4.78 is 26.8. The van der Waals surface area contributed by atoms with Crippen molar-refractivity contribution in [3.05, 3.63) is 23.2 Å². The van der Waals surface area contributed by atoms with Crippen molar-refractivity contribution in [2.45, 2.75) is 25.2 Å². The van der Waals surface area contributed by atoms with E-state index in [9.17, 15) is 8.42 Å². The molecule has 1 fully saturated rings. The number of hydrogen-bond acceptors (Lipinski definition) is 3. The highest BCUT2D eigenvalue weighted by Crippen LogP contribution is 2.30. The monoisotopic (exact) mass is 302 g/mol. The van der Waals surface area contributed by atoms with Crippen LogP contribution in [0.4, 0.5) is 5.69 Å². The van der Waals surface area contributed by atoms with Crippen molar-refractivity contribution in [2.75, 3.05) is 18.8 Å². The van der Waals surface area contributed by atoms with Gasteiger partial charge in [-0.05, 0) is 36.5 Å². The van der Waals surface area contributed by atoms with Gasteiger partial charge in [-0.2, -0.15) is 4.31 Å². The quantitative estimate of drug-likeness (QED) is 0.854. The fraction of sp³-hybridized carbons (Fsp3) is 0.538. The van der Waals surface area contributed by atoms with Gasteiger partial charge in [-0.1, -0.05) is 25.4 Å². The molecule has 106 valence electrons. The molecule has 0 spiro atoms. The highest BCUT2D eigenvalue weighted by molar-refractivity contribution is 7.89. The lowest BCUT2D eigenvalue weighted by molar-refractivity contribution is 0.222. The van der Waals surface area contributed by atoms with Crippen LogP contribution in [0.25, 0.3) is 0 Å². The summed E-state index contributed by atoms with van der Waals surface area (Å²) in [6.45, 7) is 5.25. The van der Waals surface area contributed by atoms with Gasteiger partial charge >= 0.3 is 0 Å². The van der Waals surface area contributed by atoms with Crippen LogP contribution >= 0.6 is 11.6 Å². The number of nitrogen functional groups attached to an aromatic ring is 1. The van der Waals surface area contributed by atoms with Crippen molar-refractivity contribution in [3.8, 4) is 0 Å². The van der Waals surface area contributed by atoms with Gasteiger partial charge in [0.25, 0.3) is 0 Å². The Balaban J connectivity index is 2.36. The Kier molecular flexibility index (Phi) is 4.08. The number of nitrogens with two attached hydrogens (primary N) is 1. The number of halogens is 1. The standard InChI is InChI=1S/C13H19ClN2O2S/c1-9-5-10(2)8-16(7-9)19(17,18)13-4-3-11(14)6-12(13)15/h3-4,6,9-10H,5,7-8,15H2,1-2H3. The number of piperidine rings is 1. The molecule has 0 aromatic heterocycles. The number of nitrogens with zero attached hydrogens (tertiary/aromatic N) is 1. The van der Waals surface area contributed by atoms with E-state index >= 15 is 0 Å². The molecule has 0 bridgehead atoms. The van der Waals surface area contributed by atoms with E-state index in [4.69, 9.17) is 17.3 Å². The van der Waals surface area contributed by atoms with E-state index in [-0.39, 0.29) is 10.6 Å². The summed E-state index contributed by atoms with van der Waals surface area (Å²) in [7, 11) is -3.53. The molecule has 0 aliphatic carbocycles. The van der Waals surface area contributed by atoms with E-state index in [0.717, 1.165) is 6.42 Å². The molecule has 2 N–H and O–H groups in total. The first-order valence-electron chi connectivity index (χ1n) is 6.36. The molecular formula is C13H19ClN2O2S. The largest absolute Gasteiger partial charge is 0.398 e. The molecule has 1 saturated heterocycles. The van der Waals surface area contributed by atoms with Crippen molar-refractivity contribution in [2.24, 2.45) is 11.8 Å². The van der Waals surface area contributed by atoms with E-state index in [1.54, 1.807) is 6.07 Å². The fourth-order valence-corrected chi connectivity index (χ4v) is 4.65. The molecule has 1 aliphatic rings. The Labute approximate surface area is 119 Å². The molecule has 1 heterocycles. The highest BCUT2D eigenvalue weighted by atomic mass is 35.5. The Bertz CT molecular complexity index is 564. The SMILES string of the molecule is CC1CC(C)CN(S(=O)(=O)c2ccc(Cl)cc2N)C1. The predicted molar refractivity (Wildman–Crippen MR) is 77.6 cm³/mol. The molecule has 1 aromatic rings. The summed E-state index contributed by atoms with van der Waals surface area (Å²) in [6.07, 6.45) is 1.06. The van der Waals surface area contributed by atoms with Crippen LogP contribution in [0, 0.1) is 11.8 Å². The first-order chi connectivity index (χ1) is 8.80. The van der Waals surface area contributed by atoms with Crippen LogP contribution in [-0.4, -0.2) is 25.8 Å². The summed E-state index contributed by atoms with van der Waals surface area (Å²) >= 11 is 5.81. The lowest BCUT2D eigenvalue weighted by Gasteiger charge is -2.34. The number of benzene rings is 1. The Hall–Kier alpha value is -0.780. The number of rotatable bonds is 2. The molecule has 2 unspecified atom stereocenters. The highest BCUT2D eigenvalue weighted by Gasteiger charge is 2.32. The van der Waals surface area contributed by atoms with E-state index in [0.29, 0.717) is 29.9 Å². The third-order valence-corrected chi connectivity index (χ3v) is 5.57. The molecule has 1 aromatic carbocycles. The number of hydrogen-bond donors (Lipinski definition) is 1. The zero-order chi connectivity index (χ0) is 14.2. The first kappa shape index (κ1) is 14.6. The molecule has 0 radical (unpaired) electrons. The predicted octanol–water partition coefficient (Wildman–Crippen LogP) is 2.59. The van der Waals surface area contributed by atoms with Crippen LogP contribution < -0.4 is 5.73 Å². The maximum absolute atomic E-state index is 12.6. The third kappa shape index (κ3) is 3.04. The first-order valence-corrected chi connectivity index (χ1v) is 8.17. The van der Waals surface area contributed by atoms with Crippen molar-refractivity contribution in [1.82, 2.24) is 4.31 Å². The van der Waals surface area contributed by atoms with Gasteiger partial charge in [-0.15, -0.1) is 0 Å². The molecule has 19 heavy (non-hydrogen) atoms. The maximum Gasteiger partial charge on any atom is 0.245 e. The zero-order valence-corrected chi connectivity index (χ0v) is 12.7. The van der Waals surface area contributed by atoms with E-state index in [1.807, 2.05) is 0 Å². The molecule has 2 rings (SSSR count). The molecule has 0 amide bonds. The van der Waals surface area contributed by atoms with Gasteiger partial charge in [0.2, 0.25) is 10.0 Å². The van der Waals surface area contributed by atoms with Gasteiger partial charge in [0.1, 0.15) is 4.90 Å². The van der Waals surface area contributed by atoms with E-state index in [2.05, 4.69) is 13.8 Å². The van der Waals surface area contributed by atoms with Gasteiger partial charge in [0, 0.05) is 18.1 Å². The summed E-state index contributed by atoms with van der Waals surface area (Å²) in [4.78, 5) is 0.151. The summed E-state index contributed by atoms with van der Waals surface area (Å²) in [5, 5.41) is 0.442. The van der Waals surface area contributed by atoms with Crippen LogP contribution in [0.3, 0.4) is 0 Å². The van der Waals surface area contributed by atoms with Crippen molar-refractivity contribution >= 4 is 27.3 Å². The minimum Gasteiger partial charge on any atom is -0.398 e. The average Bonchev–Trinajstić information content (AvgIpc) is 2.26. The van der Waals surface area contributed by atoms with Gasteiger partial charge in [-0.25, -0.2) is 8.42 Å². The van der Waals surface area contributed by atoms with Crippen LogP contribution in [0.15, 0.2) is 23.1 Å². The second-order valence-corrected chi connectivity index (χ2v) is 7.79. The Morgan fingerprint density at radius 3 is 2.37 bits per heavy atom. The van der Waals surface area contributed by atoms with Crippen LogP contribution in [-0.2, 0) is 10.0 Å². The van der Waals surface area contributed by atoms with Crippen LogP contribution in [0.2, 0.25) is 5.02 Å². The van der Waals surface area contributed by atoms with Crippen molar-refractivity contribution in [3.63, 3.8) is 0 Å². The van der Waals surface area contributed by atoms with Crippen molar-refractivity contribution in [1.29, 1.82) is 0 Å². The molecule has 1 aliphatic heterocycles. The van der Waals surface area contributed by atoms with Gasteiger partial charge in [-0.3, -0.25) is 0 Å². The molecule has 6 heteroatoms. The average molecular weight is 303 g/mol. The second-order valence-electron chi connectivity index (χ2n) is 5.45. The van der Waals surface area contributed by atoms with Gasteiger partial charge < -0.3 is 5.73 Å². The van der Waals surface area contributed by atoms with Crippen molar-refractivity contribution < 1.29 is 8.42 Å². The number of anilines is 1. The summed E-state index contributed by atoms with van der Waals surface area (Å²) in [6, 6.07) is 4.52. The normalized spacial score (nSPS) is 25.4. The minimum atomic E-state index is -3.53.